The first-order valence-corrected chi connectivity index (χ1v) is 10.1. The van der Waals surface area contributed by atoms with Crippen molar-refractivity contribution in [2.75, 3.05) is 0 Å². The molecule has 0 unspecified atom stereocenters. The highest BCUT2D eigenvalue weighted by atomic mass is 31.2. The van der Waals surface area contributed by atoms with Gasteiger partial charge in [0.2, 0.25) is 7.29 Å². The van der Waals surface area contributed by atoms with Crippen molar-refractivity contribution in [3.63, 3.8) is 0 Å². The Bertz CT molecular complexity index is 817. The van der Waals surface area contributed by atoms with Crippen molar-refractivity contribution in [1.82, 2.24) is 5.09 Å². The fraction of sp³-hybridized carbons (Fsp3) is 0.0909. The van der Waals surface area contributed by atoms with E-state index in [0.717, 1.165) is 16.2 Å². The van der Waals surface area contributed by atoms with E-state index in [9.17, 15) is 4.57 Å². The average molecular weight is 347 g/mol. The second-order valence-electron chi connectivity index (χ2n) is 5.97. The Morgan fingerprint density at radius 1 is 0.760 bits per heavy atom. The molecule has 3 rings (SSSR count). The predicted octanol–water partition coefficient (Wildman–Crippen LogP) is 4.61. The summed E-state index contributed by atoms with van der Waals surface area (Å²) in [5.74, 6) is 0. The van der Waals surface area contributed by atoms with Crippen molar-refractivity contribution >= 4 is 24.0 Å². The van der Waals surface area contributed by atoms with Crippen LogP contribution in [0.1, 0.15) is 12.5 Å². The van der Waals surface area contributed by atoms with E-state index >= 15 is 0 Å². The van der Waals surface area contributed by atoms with Crippen LogP contribution in [0.15, 0.2) is 97.1 Å². The molecule has 3 aromatic rings. The molecule has 25 heavy (non-hydrogen) atoms. The molecule has 0 aliphatic rings. The van der Waals surface area contributed by atoms with Gasteiger partial charge in [-0.3, -0.25) is 9.65 Å². The zero-order chi connectivity index (χ0) is 17.5. The maximum absolute atomic E-state index is 13.9. The lowest BCUT2D eigenvalue weighted by atomic mass is 10.2. The van der Waals surface area contributed by atoms with Gasteiger partial charge in [-0.05, 0) is 36.8 Å². The smallest absolute Gasteiger partial charge is 0.205 e. The Morgan fingerprint density at radius 2 is 1.20 bits per heavy atom. The lowest BCUT2D eigenvalue weighted by Crippen LogP contribution is -2.32. The van der Waals surface area contributed by atoms with Crippen LogP contribution in [0, 0.1) is 0 Å². The Labute approximate surface area is 149 Å². The highest BCUT2D eigenvalue weighted by molar-refractivity contribution is 7.76. The average Bonchev–Trinajstić information content (AvgIpc) is 2.68. The predicted molar refractivity (Wildman–Crippen MR) is 108 cm³/mol. The molecule has 2 nitrogen and oxygen atoms in total. The second-order valence-corrected chi connectivity index (χ2v) is 8.48. The summed E-state index contributed by atoms with van der Waals surface area (Å²) in [4.78, 5) is 0. The highest BCUT2D eigenvalue weighted by Gasteiger charge is 2.27. The molecule has 0 radical (unpaired) electrons. The molecule has 1 atom stereocenters. The van der Waals surface area contributed by atoms with Crippen LogP contribution in [0.2, 0.25) is 0 Å². The van der Waals surface area contributed by atoms with E-state index in [1.807, 2.05) is 91.9 Å². The van der Waals surface area contributed by atoms with Crippen LogP contribution >= 0.6 is 7.29 Å². The molecule has 0 saturated carbocycles. The molecular weight excluding hydrogens is 325 g/mol. The van der Waals surface area contributed by atoms with Gasteiger partial charge >= 0.3 is 0 Å². The van der Waals surface area contributed by atoms with Gasteiger partial charge in [-0.15, -0.1) is 0 Å². The van der Waals surface area contributed by atoms with Crippen LogP contribution in [0.5, 0.6) is 0 Å². The van der Waals surface area contributed by atoms with E-state index in [1.54, 1.807) is 0 Å². The molecular formula is C22H22NOP. The zero-order valence-corrected chi connectivity index (χ0v) is 15.1. The quantitative estimate of drug-likeness (QED) is 0.660. The van der Waals surface area contributed by atoms with Gasteiger partial charge in [-0.25, -0.2) is 0 Å². The summed E-state index contributed by atoms with van der Waals surface area (Å²) in [6.07, 6.45) is 4.10. The van der Waals surface area contributed by atoms with Crippen LogP contribution in [-0.2, 0) is 4.57 Å². The third-order valence-corrected chi connectivity index (χ3v) is 6.82. The first kappa shape index (κ1) is 17.4. The van der Waals surface area contributed by atoms with Crippen LogP contribution in [-0.4, -0.2) is 6.04 Å². The molecule has 0 heterocycles. The SMILES string of the molecule is C[C@H](/C=C/c1ccccc1)NP(=O)(c1ccccc1)c1ccccc1. The fourth-order valence-corrected chi connectivity index (χ4v) is 5.16. The Balaban J connectivity index is 1.88. The number of benzene rings is 3. The molecule has 0 saturated heterocycles. The first-order valence-electron chi connectivity index (χ1n) is 8.41. The van der Waals surface area contributed by atoms with E-state index < -0.39 is 7.29 Å². The van der Waals surface area contributed by atoms with Gasteiger partial charge in [0.15, 0.2) is 0 Å². The molecule has 0 fully saturated rings. The summed E-state index contributed by atoms with van der Waals surface area (Å²) < 4.78 is 13.9. The van der Waals surface area contributed by atoms with Crippen LogP contribution in [0.4, 0.5) is 0 Å². The Hall–Kier alpha value is -2.41. The van der Waals surface area contributed by atoms with Gasteiger partial charge in [-0.2, -0.15) is 0 Å². The summed E-state index contributed by atoms with van der Waals surface area (Å²) in [5, 5.41) is 5.01. The van der Waals surface area contributed by atoms with Crippen LogP contribution < -0.4 is 15.7 Å². The number of rotatable bonds is 6. The van der Waals surface area contributed by atoms with Crippen molar-refractivity contribution in [3.8, 4) is 0 Å². The van der Waals surface area contributed by atoms with E-state index in [1.165, 1.54) is 0 Å². The molecule has 0 aromatic heterocycles. The third-order valence-electron chi connectivity index (χ3n) is 4.00. The van der Waals surface area contributed by atoms with Crippen LogP contribution in [0.3, 0.4) is 0 Å². The molecule has 0 bridgehead atoms. The monoisotopic (exact) mass is 347 g/mol. The number of hydrogen-bond acceptors (Lipinski definition) is 1. The Morgan fingerprint density at radius 3 is 1.68 bits per heavy atom. The lowest BCUT2D eigenvalue weighted by Gasteiger charge is -2.23. The summed E-state index contributed by atoms with van der Waals surface area (Å²) in [7, 11) is -2.90. The maximum Gasteiger partial charge on any atom is 0.205 e. The van der Waals surface area contributed by atoms with Gasteiger partial charge < -0.3 is 0 Å². The minimum Gasteiger partial charge on any atom is -0.297 e. The highest BCUT2D eigenvalue weighted by Crippen LogP contribution is 2.39. The molecule has 1 N–H and O–H groups in total. The van der Waals surface area contributed by atoms with Gasteiger partial charge in [0, 0.05) is 16.7 Å². The van der Waals surface area contributed by atoms with Gasteiger partial charge in [-0.1, -0.05) is 78.9 Å². The van der Waals surface area contributed by atoms with E-state index in [-0.39, 0.29) is 6.04 Å². The largest absolute Gasteiger partial charge is 0.297 e. The molecule has 0 aliphatic heterocycles. The summed E-state index contributed by atoms with van der Waals surface area (Å²) >= 11 is 0. The second kappa shape index (κ2) is 8.11. The van der Waals surface area contributed by atoms with Gasteiger partial charge in [0.25, 0.3) is 0 Å². The van der Waals surface area contributed by atoms with E-state index in [4.69, 9.17) is 0 Å². The van der Waals surface area contributed by atoms with Crippen molar-refractivity contribution < 1.29 is 4.57 Å². The topological polar surface area (TPSA) is 29.1 Å². The van der Waals surface area contributed by atoms with Crippen molar-refractivity contribution in [2.45, 2.75) is 13.0 Å². The summed E-state index contributed by atoms with van der Waals surface area (Å²) in [6, 6.07) is 29.4. The molecule has 126 valence electrons. The number of nitrogens with one attached hydrogen (secondary N) is 1. The molecule has 0 amide bonds. The van der Waals surface area contributed by atoms with Crippen LogP contribution in [0.25, 0.3) is 6.08 Å². The lowest BCUT2D eigenvalue weighted by molar-refractivity contribution is 0.574. The third kappa shape index (κ3) is 4.36. The molecule has 3 heteroatoms. The molecule has 3 aromatic carbocycles. The van der Waals surface area contributed by atoms with Crippen molar-refractivity contribution in [1.29, 1.82) is 0 Å². The summed E-state index contributed by atoms with van der Waals surface area (Å²) in [5.41, 5.74) is 1.13. The first-order chi connectivity index (χ1) is 12.2. The normalized spacial score (nSPS) is 13.0. The maximum atomic E-state index is 13.9. The van der Waals surface area contributed by atoms with Crippen molar-refractivity contribution in [3.05, 3.63) is 103 Å². The zero-order valence-electron chi connectivity index (χ0n) is 14.2. The standard InChI is InChI=1S/C22H22NOP/c1-19(17-18-20-11-5-2-6-12-20)23-25(24,21-13-7-3-8-14-21)22-15-9-4-10-16-22/h2-19H,1H3,(H,23,24)/b18-17+/t19-/m1/s1. The molecule has 0 spiro atoms. The minimum atomic E-state index is -2.90. The molecule has 0 aliphatic carbocycles. The van der Waals surface area contributed by atoms with Crippen molar-refractivity contribution in [2.24, 2.45) is 0 Å². The number of hydrogen-bond donors (Lipinski definition) is 1. The minimum absolute atomic E-state index is 0.0357. The Kier molecular flexibility index (Phi) is 5.65. The van der Waals surface area contributed by atoms with E-state index in [0.29, 0.717) is 0 Å². The van der Waals surface area contributed by atoms with Gasteiger partial charge in [0.1, 0.15) is 0 Å². The van der Waals surface area contributed by atoms with E-state index in [2.05, 4.69) is 23.3 Å². The fourth-order valence-electron chi connectivity index (χ4n) is 2.72. The van der Waals surface area contributed by atoms with Gasteiger partial charge in [0.05, 0.1) is 0 Å². The summed E-state index contributed by atoms with van der Waals surface area (Å²) in [6.45, 7) is 2.03.